The second-order valence-electron chi connectivity index (χ2n) is 7.35. The largest absolute Gasteiger partial charge is 0.508 e. The van der Waals surface area contributed by atoms with Crippen LogP contribution in [0.3, 0.4) is 0 Å². The lowest BCUT2D eigenvalue weighted by molar-refractivity contribution is 0.0946. The highest BCUT2D eigenvalue weighted by Gasteiger charge is 2.18. The first-order valence-corrected chi connectivity index (χ1v) is 9.75. The summed E-state index contributed by atoms with van der Waals surface area (Å²) in [6.45, 7) is 0.645. The molecule has 0 spiro atoms. The summed E-state index contributed by atoms with van der Waals surface area (Å²) in [5, 5.41) is 17.1. The molecule has 1 aliphatic rings. The Morgan fingerprint density at radius 3 is 2.57 bits per heavy atom. The van der Waals surface area contributed by atoms with Crippen LogP contribution in [0.1, 0.15) is 15.9 Å². The van der Waals surface area contributed by atoms with Crippen molar-refractivity contribution in [1.82, 2.24) is 15.1 Å². The van der Waals surface area contributed by atoms with Gasteiger partial charge in [0.2, 0.25) is 0 Å². The summed E-state index contributed by atoms with van der Waals surface area (Å²) < 4.78 is 1.75. The van der Waals surface area contributed by atoms with Gasteiger partial charge in [0.25, 0.3) is 5.91 Å². The Morgan fingerprint density at radius 1 is 0.933 bits per heavy atom. The number of aromatic hydroxyl groups is 1. The first-order valence-electron chi connectivity index (χ1n) is 9.75. The predicted octanol–water partition coefficient (Wildman–Crippen LogP) is 3.78. The minimum Gasteiger partial charge on any atom is -0.508 e. The molecule has 0 radical (unpaired) electrons. The van der Waals surface area contributed by atoms with E-state index in [-0.39, 0.29) is 11.7 Å². The maximum absolute atomic E-state index is 12.0. The topological polar surface area (TPSA) is 93.2 Å². The maximum atomic E-state index is 12.0. The molecule has 0 unspecified atom stereocenters. The third-order valence-corrected chi connectivity index (χ3v) is 5.37. The highest BCUT2D eigenvalue weighted by Crippen LogP contribution is 2.30. The molecule has 6 heteroatoms. The van der Waals surface area contributed by atoms with Gasteiger partial charge in [0.05, 0.1) is 5.69 Å². The first-order chi connectivity index (χ1) is 14.6. The third kappa shape index (κ3) is 3.18. The van der Waals surface area contributed by atoms with E-state index in [0.717, 1.165) is 45.5 Å². The van der Waals surface area contributed by atoms with E-state index in [0.29, 0.717) is 12.4 Å². The van der Waals surface area contributed by atoms with E-state index in [1.165, 1.54) is 0 Å². The van der Waals surface area contributed by atoms with Crippen LogP contribution in [-0.2, 0) is 6.42 Å². The summed E-state index contributed by atoms with van der Waals surface area (Å²) in [4.78, 5) is 12.0. The molecule has 0 saturated heterocycles. The number of phenolic OH excluding ortho intramolecular Hbond substituents is 1. The summed E-state index contributed by atoms with van der Waals surface area (Å²) in [5.41, 5.74) is 12.5. The number of hydrogen-bond donors (Lipinski definition) is 3. The van der Waals surface area contributed by atoms with Gasteiger partial charge in [0.15, 0.2) is 5.82 Å². The normalized spacial score (nSPS) is 13.0. The van der Waals surface area contributed by atoms with Crippen LogP contribution in [-0.4, -0.2) is 27.3 Å². The Labute approximate surface area is 173 Å². The minimum absolute atomic E-state index is 0.0322. The van der Waals surface area contributed by atoms with Crippen molar-refractivity contribution in [3.05, 3.63) is 84.1 Å². The number of fused-ring (bicyclic) bond motifs is 1. The number of aromatic nitrogens is 2. The van der Waals surface area contributed by atoms with Crippen LogP contribution in [0.4, 0.5) is 5.82 Å². The number of carbonyl (C=O) groups excluding carboxylic acids is 1. The van der Waals surface area contributed by atoms with Gasteiger partial charge in [0.1, 0.15) is 5.75 Å². The molecule has 5 rings (SSSR count). The second kappa shape index (κ2) is 7.08. The molecule has 0 aliphatic carbocycles. The zero-order valence-electron chi connectivity index (χ0n) is 16.2. The molecule has 0 bridgehead atoms. The smallest absolute Gasteiger partial charge is 0.251 e. The lowest BCUT2D eigenvalue weighted by Crippen LogP contribution is -2.31. The number of benzene rings is 3. The number of nitrogens with one attached hydrogen (secondary N) is 1. The molecule has 30 heavy (non-hydrogen) atoms. The molecule has 6 nitrogen and oxygen atoms in total. The Balaban J connectivity index is 1.52. The molecule has 3 aromatic carbocycles. The van der Waals surface area contributed by atoms with Crippen LogP contribution in [0, 0.1) is 0 Å². The van der Waals surface area contributed by atoms with Crippen molar-refractivity contribution in [1.29, 1.82) is 0 Å². The number of hydrogen-bond acceptors (Lipinski definition) is 4. The number of rotatable bonds is 3. The third-order valence-electron chi connectivity index (χ3n) is 5.37. The SMILES string of the molecule is Nc1nn(-c2cccc(-c3cccc(O)c3)c2)cc1-c1ccc2c(c1)CCNC2=O. The predicted molar refractivity (Wildman–Crippen MR) is 117 cm³/mol. The highest BCUT2D eigenvalue weighted by atomic mass is 16.3. The summed E-state index contributed by atoms with van der Waals surface area (Å²) in [6, 6.07) is 20.8. The van der Waals surface area contributed by atoms with Crippen LogP contribution in [0.2, 0.25) is 0 Å². The number of carbonyl (C=O) groups is 1. The van der Waals surface area contributed by atoms with Gasteiger partial charge in [-0.15, -0.1) is 0 Å². The number of phenols is 1. The number of anilines is 1. The zero-order chi connectivity index (χ0) is 20.7. The van der Waals surface area contributed by atoms with E-state index in [1.807, 2.05) is 60.8 Å². The maximum Gasteiger partial charge on any atom is 0.251 e. The Bertz CT molecular complexity index is 1280. The summed E-state index contributed by atoms with van der Waals surface area (Å²) >= 11 is 0. The molecule has 0 fully saturated rings. The van der Waals surface area contributed by atoms with E-state index in [2.05, 4.69) is 10.4 Å². The lowest BCUT2D eigenvalue weighted by atomic mass is 9.96. The van der Waals surface area contributed by atoms with Crippen LogP contribution < -0.4 is 11.1 Å². The monoisotopic (exact) mass is 396 g/mol. The van der Waals surface area contributed by atoms with Crippen molar-refractivity contribution in [2.75, 3.05) is 12.3 Å². The minimum atomic E-state index is -0.0322. The fourth-order valence-electron chi connectivity index (χ4n) is 3.85. The number of nitrogens with zero attached hydrogens (tertiary/aromatic N) is 2. The van der Waals surface area contributed by atoms with Crippen molar-refractivity contribution in [3.8, 4) is 33.7 Å². The van der Waals surface area contributed by atoms with Crippen LogP contribution in [0.5, 0.6) is 5.75 Å². The summed E-state index contributed by atoms with van der Waals surface area (Å²) in [5.74, 6) is 0.623. The average molecular weight is 396 g/mol. The molecular formula is C24H20N4O2. The van der Waals surface area contributed by atoms with Crippen LogP contribution >= 0.6 is 0 Å². The number of nitrogen functional groups attached to an aromatic ring is 1. The molecule has 0 atom stereocenters. The molecule has 4 aromatic rings. The number of amides is 1. The standard InChI is InChI=1S/C24H20N4O2/c25-23-22(17-7-8-21-18(11-17)9-10-26-24(21)30)14-28(27-23)19-5-1-3-15(12-19)16-4-2-6-20(29)13-16/h1-8,11-14,29H,9-10H2,(H2,25,27)(H,26,30). The molecule has 1 aromatic heterocycles. The highest BCUT2D eigenvalue weighted by molar-refractivity contribution is 5.97. The lowest BCUT2D eigenvalue weighted by Gasteiger charge is -2.17. The van der Waals surface area contributed by atoms with Gasteiger partial charge < -0.3 is 16.2 Å². The van der Waals surface area contributed by atoms with E-state index in [9.17, 15) is 9.90 Å². The van der Waals surface area contributed by atoms with Crippen molar-refractivity contribution in [3.63, 3.8) is 0 Å². The fraction of sp³-hybridized carbons (Fsp3) is 0.0833. The van der Waals surface area contributed by atoms with Crippen molar-refractivity contribution in [2.45, 2.75) is 6.42 Å². The molecule has 0 saturated carbocycles. The molecule has 1 aliphatic heterocycles. The fourth-order valence-corrected chi connectivity index (χ4v) is 3.85. The van der Waals surface area contributed by atoms with Crippen LogP contribution in [0.25, 0.3) is 27.9 Å². The van der Waals surface area contributed by atoms with Crippen molar-refractivity contribution in [2.24, 2.45) is 0 Å². The molecule has 148 valence electrons. The molecular weight excluding hydrogens is 376 g/mol. The second-order valence-corrected chi connectivity index (χ2v) is 7.35. The van der Waals surface area contributed by atoms with E-state index in [4.69, 9.17) is 5.73 Å². The van der Waals surface area contributed by atoms with Gasteiger partial charge in [0, 0.05) is 23.9 Å². The summed E-state index contributed by atoms with van der Waals surface area (Å²) in [6.07, 6.45) is 2.70. The quantitative estimate of drug-likeness (QED) is 0.491. The Hall–Kier alpha value is -4.06. The van der Waals surface area contributed by atoms with Gasteiger partial charge in [-0.25, -0.2) is 4.68 Å². The summed E-state index contributed by atoms with van der Waals surface area (Å²) in [7, 11) is 0. The average Bonchev–Trinajstić information content (AvgIpc) is 3.15. The first kappa shape index (κ1) is 18.0. The van der Waals surface area contributed by atoms with Gasteiger partial charge >= 0.3 is 0 Å². The number of nitrogens with two attached hydrogens (primary N) is 1. The van der Waals surface area contributed by atoms with Gasteiger partial charge in [-0.1, -0.05) is 36.4 Å². The Morgan fingerprint density at radius 2 is 1.73 bits per heavy atom. The van der Waals surface area contributed by atoms with E-state index < -0.39 is 0 Å². The van der Waals surface area contributed by atoms with Crippen LogP contribution in [0.15, 0.2) is 72.9 Å². The zero-order valence-corrected chi connectivity index (χ0v) is 16.2. The Kier molecular flexibility index (Phi) is 4.25. The van der Waals surface area contributed by atoms with Crippen molar-refractivity contribution < 1.29 is 9.90 Å². The van der Waals surface area contributed by atoms with E-state index in [1.54, 1.807) is 16.8 Å². The molecule has 4 N–H and O–H groups in total. The molecule has 1 amide bonds. The van der Waals surface area contributed by atoms with Gasteiger partial charge in [-0.05, 0) is 59.0 Å². The van der Waals surface area contributed by atoms with Crippen molar-refractivity contribution >= 4 is 11.7 Å². The van der Waals surface area contributed by atoms with Gasteiger partial charge in [-0.2, -0.15) is 5.10 Å². The molecule has 2 heterocycles. The van der Waals surface area contributed by atoms with Gasteiger partial charge in [-0.3, -0.25) is 4.79 Å². The van der Waals surface area contributed by atoms with E-state index >= 15 is 0 Å².